The van der Waals surface area contributed by atoms with E-state index in [0.29, 0.717) is 29.8 Å². The molecule has 1 fully saturated rings. The van der Waals surface area contributed by atoms with Crippen LogP contribution in [0.25, 0.3) is 10.2 Å². The number of thioether (sulfide) groups is 1. The number of rotatable bonds is 4. The molecule has 2 aliphatic carbocycles. The topological polar surface area (TPSA) is 52.0 Å². The molecule has 2 heterocycles. The molecule has 1 saturated carbocycles. The van der Waals surface area contributed by atoms with Crippen molar-refractivity contribution < 1.29 is 4.79 Å². The number of aromatic nitrogens is 2. The number of nitrogens with zero attached hydrogens (tertiary/aromatic N) is 2. The normalized spacial score (nSPS) is 23.2. The van der Waals surface area contributed by atoms with Gasteiger partial charge in [-0.1, -0.05) is 31.2 Å². The average molecular weight is 389 g/mol. The van der Waals surface area contributed by atoms with Crippen molar-refractivity contribution in [1.29, 1.82) is 0 Å². The number of carbonyl (C=O) groups excluding carboxylic acids is 1. The zero-order chi connectivity index (χ0) is 18.3. The summed E-state index contributed by atoms with van der Waals surface area (Å²) in [5.74, 6) is 0.958. The number of hydrogen-bond acceptors (Lipinski definition) is 5. The molecule has 0 amide bonds. The first-order valence-corrected chi connectivity index (χ1v) is 11.1. The van der Waals surface area contributed by atoms with Crippen LogP contribution in [0, 0.1) is 5.92 Å². The largest absolute Gasteiger partial charge is 0.298 e. The van der Waals surface area contributed by atoms with Crippen molar-refractivity contribution >= 4 is 39.1 Å². The molecular formula is C20H24N2O2S2. The van der Waals surface area contributed by atoms with E-state index in [1.807, 2.05) is 0 Å². The fourth-order valence-corrected chi connectivity index (χ4v) is 6.64. The molecule has 138 valence electrons. The highest BCUT2D eigenvalue weighted by molar-refractivity contribution is 8.00. The minimum Gasteiger partial charge on any atom is -0.298 e. The van der Waals surface area contributed by atoms with Crippen molar-refractivity contribution in [3.63, 3.8) is 0 Å². The van der Waals surface area contributed by atoms with Crippen LogP contribution in [0.15, 0.2) is 22.6 Å². The van der Waals surface area contributed by atoms with E-state index in [9.17, 15) is 9.59 Å². The van der Waals surface area contributed by atoms with E-state index >= 15 is 0 Å². The first-order chi connectivity index (χ1) is 12.6. The quantitative estimate of drug-likeness (QED) is 0.576. The Morgan fingerprint density at radius 2 is 2.15 bits per heavy atom. The minimum atomic E-state index is -0.0706. The van der Waals surface area contributed by atoms with Gasteiger partial charge < -0.3 is 0 Å². The lowest BCUT2D eigenvalue weighted by Crippen LogP contribution is -2.27. The summed E-state index contributed by atoms with van der Waals surface area (Å²) < 4.78 is 1.72. The van der Waals surface area contributed by atoms with E-state index in [2.05, 4.69) is 13.5 Å². The summed E-state index contributed by atoms with van der Waals surface area (Å²) in [4.78, 5) is 32.5. The first-order valence-electron chi connectivity index (χ1n) is 9.43. The number of allylic oxidation sites excluding steroid dienone is 1. The molecule has 2 aromatic rings. The molecule has 6 heteroatoms. The molecule has 0 unspecified atom stereocenters. The summed E-state index contributed by atoms with van der Waals surface area (Å²) in [6.45, 7) is 6.51. The molecule has 0 aromatic carbocycles. The van der Waals surface area contributed by atoms with Crippen molar-refractivity contribution in [2.75, 3.05) is 0 Å². The second-order valence-corrected chi connectivity index (χ2v) is 9.70. The van der Waals surface area contributed by atoms with Crippen LogP contribution in [0.2, 0.25) is 0 Å². The number of thiophene rings is 1. The molecule has 0 spiro atoms. The predicted octanol–water partition coefficient (Wildman–Crippen LogP) is 4.37. The van der Waals surface area contributed by atoms with Crippen LogP contribution >= 0.6 is 23.1 Å². The van der Waals surface area contributed by atoms with Gasteiger partial charge in [-0.05, 0) is 43.6 Å². The molecule has 4 rings (SSSR count). The van der Waals surface area contributed by atoms with Gasteiger partial charge in [0.2, 0.25) is 0 Å². The van der Waals surface area contributed by atoms with Gasteiger partial charge in [0.25, 0.3) is 5.56 Å². The van der Waals surface area contributed by atoms with Crippen molar-refractivity contribution in [1.82, 2.24) is 9.55 Å². The van der Waals surface area contributed by atoms with Crippen LogP contribution in [0.3, 0.4) is 0 Å². The molecule has 2 aliphatic rings. The summed E-state index contributed by atoms with van der Waals surface area (Å²) in [5.41, 5.74) is 1.25. The second-order valence-electron chi connectivity index (χ2n) is 7.45. The van der Waals surface area contributed by atoms with Gasteiger partial charge in [-0.2, -0.15) is 0 Å². The zero-order valence-corrected chi connectivity index (χ0v) is 16.8. The maximum atomic E-state index is 13.3. The number of carbonyl (C=O) groups is 1. The van der Waals surface area contributed by atoms with E-state index in [-0.39, 0.29) is 10.8 Å². The Balaban J connectivity index is 1.81. The van der Waals surface area contributed by atoms with Gasteiger partial charge in [0, 0.05) is 17.8 Å². The average Bonchev–Trinajstić information content (AvgIpc) is 2.97. The summed E-state index contributed by atoms with van der Waals surface area (Å²) in [7, 11) is 0. The van der Waals surface area contributed by atoms with E-state index in [1.54, 1.807) is 22.0 Å². The van der Waals surface area contributed by atoms with Gasteiger partial charge in [0.1, 0.15) is 10.6 Å². The maximum absolute atomic E-state index is 13.3. The number of Topliss-reactive ketones (excluding diaryl/α,β-unsaturated/α-hetero) is 1. The lowest BCUT2D eigenvalue weighted by atomic mass is 9.89. The molecule has 2 atom stereocenters. The Bertz CT molecular complexity index is 928. The van der Waals surface area contributed by atoms with Crippen molar-refractivity contribution in [2.24, 2.45) is 5.92 Å². The Morgan fingerprint density at radius 1 is 1.31 bits per heavy atom. The highest BCUT2D eigenvalue weighted by Gasteiger charge is 2.28. The predicted molar refractivity (Wildman–Crippen MR) is 108 cm³/mol. The Labute approximate surface area is 161 Å². The number of hydrogen-bond donors (Lipinski definition) is 0. The highest BCUT2D eigenvalue weighted by Crippen LogP contribution is 2.37. The van der Waals surface area contributed by atoms with Gasteiger partial charge in [-0.3, -0.25) is 14.2 Å². The van der Waals surface area contributed by atoms with Crippen LogP contribution < -0.4 is 5.56 Å². The minimum absolute atomic E-state index is 0.0349. The van der Waals surface area contributed by atoms with Crippen molar-refractivity contribution in [2.45, 2.75) is 68.8 Å². The van der Waals surface area contributed by atoms with Crippen molar-refractivity contribution in [3.8, 4) is 0 Å². The van der Waals surface area contributed by atoms with Gasteiger partial charge in [-0.25, -0.2) is 4.98 Å². The van der Waals surface area contributed by atoms with Crippen LogP contribution in [0.1, 0.15) is 49.5 Å². The first kappa shape index (κ1) is 18.0. The molecule has 2 aromatic heterocycles. The third kappa shape index (κ3) is 3.18. The van der Waals surface area contributed by atoms with E-state index in [4.69, 9.17) is 4.98 Å². The van der Waals surface area contributed by atoms with Gasteiger partial charge in [0.15, 0.2) is 5.16 Å². The lowest BCUT2D eigenvalue weighted by molar-refractivity contribution is -0.119. The van der Waals surface area contributed by atoms with Gasteiger partial charge in [0.05, 0.1) is 10.6 Å². The number of fused-ring (bicyclic) bond motifs is 3. The summed E-state index contributed by atoms with van der Waals surface area (Å²) in [6.07, 6.45) is 8.46. The molecule has 0 bridgehead atoms. The van der Waals surface area contributed by atoms with E-state index in [0.717, 1.165) is 48.7 Å². The summed E-state index contributed by atoms with van der Waals surface area (Å²) >= 11 is 3.15. The monoisotopic (exact) mass is 388 g/mol. The Morgan fingerprint density at radius 3 is 2.92 bits per heavy atom. The lowest BCUT2D eigenvalue weighted by Gasteiger charge is -2.21. The number of ketones is 1. The SMILES string of the molecule is C=CCn1c(S[C@@H]2CCCCC2=O)nc2sc3c(c2c1=O)CC[C@H](C)C3. The Hall–Kier alpha value is -1.40. The molecule has 0 saturated heterocycles. The third-order valence-corrected chi connectivity index (χ3v) is 7.89. The summed E-state index contributed by atoms with van der Waals surface area (Å²) in [5, 5.41) is 1.41. The molecule has 0 N–H and O–H groups in total. The van der Waals surface area contributed by atoms with Gasteiger partial charge in [-0.15, -0.1) is 17.9 Å². The van der Waals surface area contributed by atoms with Crippen molar-refractivity contribution in [3.05, 3.63) is 33.4 Å². The van der Waals surface area contributed by atoms with Crippen LogP contribution in [-0.4, -0.2) is 20.6 Å². The van der Waals surface area contributed by atoms with E-state index in [1.165, 1.54) is 22.2 Å². The van der Waals surface area contributed by atoms with Crippen LogP contribution in [0.5, 0.6) is 0 Å². The molecule has 0 radical (unpaired) electrons. The third-order valence-electron chi connectivity index (χ3n) is 5.44. The molecular weight excluding hydrogens is 364 g/mol. The molecule has 0 aliphatic heterocycles. The molecule has 4 nitrogen and oxygen atoms in total. The number of aryl methyl sites for hydroxylation is 1. The standard InChI is InChI=1S/C20H24N2O2S2/c1-3-10-22-19(24)17-13-9-8-12(2)11-16(13)25-18(17)21-20(22)26-15-7-5-4-6-14(15)23/h3,12,15H,1,4-11H2,2H3/t12-,15+/m0/s1. The maximum Gasteiger partial charge on any atom is 0.263 e. The highest BCUT2D eigenvalue weighted by atomic mass is 32.2. The fourth-order valence-electron chi connectivity index (χ4n) is 3.99. The van der Waals surface area contributed by atoms with E-state index < -0.39 is 0 Å². The van der Waals surface area contributed by atoms with Crippen LogP contribution in [-0.2, 0) is 24.2 Å². The summed E-state index contributed by atoms with van der Waals surface area (Å²) in [6, 6.07) is 0. The van der Waals surface area contributed by atoms with Gasteiger partial charge >= 0.3 is 0 Å². The smallest absolute Gasteiger partial charge is 0.263 e. The van der Waals surface area contributed by atoms with Crippen LogP contribution in [0.4, 0.5) is 0 Å². The fraction of sp³-hybridized carbons (Fsp3) is 0.550. The molecule has 26 heavy (non-hydrogen) atoms. The second kappa shape index (κ2) is 7.31. The Kier molecular flexibility index (Phi) is 5.06. The zero-order valence-electron chi connectivity index (χ0n) is 15.1.